The van der Waals surface area contributed by atoms with E-state index in [9.17, 15) is 0 Å². The number of hydrogen-bond acceptors (Lipinski definition) is 1. The molecule has 0 heterocycles. The van der Waals surface area contributed by atoms with Crippen LogP contribution in [0.15, 0.2) is 23.1 Å². The summed E-state index contributed by atoms with van der Waals surface area (Å²) in [4.78, 5) is 1.16. The minimum Gasteiger partial charge on any atom is -0.143 e. The first-order valence-corrected chi connectivity index (χ1v) is 5.28. The van der Waals surface area contributed by atoms with Crippen molar-refractivity contribution in [1.82, 2.24) is 0 Å². The van der Waals surface area contributed by atoms with Gasteiger partial charge in [-0.2, -0.15) is 0 Å². The molecule has 0 aliphatic heterocycles. The van der Waals surface area contributed by atoms with Gasteiger partial charge in [0.2, 0.25) is 0 Å². The summed E-state index contributed by atoms with van der Waals surface area (Å²) in [7, 11) is 0. The van der Waals surface area contributed by atoms with Gasteiger partial charge in [0.1, 0.15) is 0 Å². The zero-order valence-electron chi connectivity index (χ0n) is 6.05. The van der Waals surface area contributed by atoms with Crippen LogP contribution in [0, 0.1) is 3.57 Å². The largest absolute Gasteiger partial charge is 0.143 e. The molecule has 0 atom stereocenters. The number of rotatable bonds is 1. The molecule has 0 nitrogen and oxygen atoms in total. The van der Waals surface area contributed by atoms with E-state index in [0.717, 1.165) is 10.8 Å². The summed E-state index contributed by atoms with van der Waals surface area (Å²) < 4.78 is 1.32. The van der Waals surface area contributed by atoms with Crippen molar-refractivity contribution in [1.29, 1.82) is 0 Å². The minimum absolute atomic E-state index is 0.817. The van der Waals surface area contributed by atoms with Gasteiger partial charge in [-0.05, 0) is 65.1 Å². The van der Waals surface area contributed by atoms with E-state index in [1.807, 2.05) is 0 Å². The highest BCUT2D eigenvalue weighted by molar-refractivity contribution is 14.1. The van der Waals surface area contributed by atoms with Crippen LogP contribution in [0.4, 0.5) is 0 Å². The topological polar surface area (TPSA) is 0 Å². The first kappa shape index (κ1) is 7.92. The molecule has 1 saturated carbocycles. The van der Waals surface area contributed by atoms with E-state index in [-0.39, 0.29) is 0 Å². The van der Waals surface area contributed by atoms with E-state index in [2.05, 4.69) is 53.4 Å². The standard InChI is InChI=1S/C9H9IS/c10-7-3-4-9(11)8(5-7)6-1-2-6/h3-6,11H,1-2H2. The first-order valence-electron chi connectivity index (χ1n) is 3.76. The lowest BCUT2D eigenvalue weighted by molar-refractivity contribution is 1.07. The van der Waals surface area contributed by atoms with Crippen molar-refractivity contribution in [3.63, 3.8) is 0 Å². The van der Waals surface area contributed by atoms with Crippen molar-refractivity contribution in [2.75, 3.05) is 0 Å². The van der Waals surface area contributed by atoms with Crippen molar-refractivity contribution in [2.45, 2.75) is 23.7 Å². The summed E-state index contributed by atoms with van der Waals surface area (Å²) in [6, 6.07) is 6.45. The smallest absolute Gasteiger partial charge is 0.0133 e. The van der Waals surface area contributed by atoms with Crippen molar-refractivity contribution >= 4 is 35.2 Å². The molecule has 1 aromatic carbocycles. The van der Waals surface area contributed by atoms with Crippen LogP contribution in [0.25, 0.3) is 0 Å². The summed E-state index contributed by atoms with van der Waals surface area (Å²) in [5.41, 5.74) is 1.44. The van der Waals surface area contributed by atoms with Gasteiger partial charge < -0.3 is 0 Å². The average Bonchev–Trinajstić information content (AvgIpc) is 2.76. The Hall–Kier alpha value is 0.300. The van der Waals surface area contributed by atoms with Crippen molar-refractivity contribution in [3.8, 4) is 0 Å². The second-order valence-electron chi connectivity index (χ2n) is 2.98. The predicted molar refractivity (Wildman–Crippen MR) is 58.4 cm³/mol. The molecule has 0 aromatic heterocycles. The van der Waals surface area contributed by atoms with Crippen LogP contribution in [0.1, 0.15) is 24.3 Å². The van der Waals surface area contributed by atoms with E-state index >= 15 is 0 Å². The second kappa shape index (κ2) is 2.98. The highest BCUT2D eigenvalue weighted by Gasteiger charge is 2.25. The van der Waals surface area contributed by atoms with Crippen LogP contribution in [-0.2, 0) is 0 Å². The Morgan fingerprint density at radius 1 is 1.36 bits per heavy atom. The minimum atomic E-state index is 0.817. The third-order valence-corrected chi connectivity index (χ3v) is 3.09. The Morgan fingerprint density at radius 2 is 2.09 bits per heavy atom. The average molecular weight is 276 g/mol. The van der Waals surface area contributed by atoms with Gasteiger partial charge in [-0.1, -0.05) is 0 Å². The monoisotopic (exact) mass is 276 g/mol. The zero-order valence-corrected chi connectivity index (χ0v) is 9.10. The molecule has 2 rings (SSSR count). The molecule has 11 heavy (non-hydrogen) atoms. The fraction of sp³-hybridized carbons (Fsp3) is 0.333. The molecule has 0 radical (unpaired) electrons. The number of benzene rings is 1. The van der Waals surface area contributed by atoms with Crippen LogP contribution >= 0.6 is 35.2 Å². The Balaban J connectivity index is 2.42. The fourth-order valence-electron chi connectivity index (χ4n) is 1.25. The van der Waals surface area contributed by atoms with Gasteiger partial charge in [-0.3, -0.25) is 0 Å². The summed E-state index contributed by atoms with van der Waals surface area (Å²) in [5.74, 6) is 0.817. The maximum atomic E-state index is 4.42. The summed E-state index contributed by atoms with van der Waals surface area (Å²) in [6.07, 6.45) is 2.71. The van der Waals surface area contributed by atoms with Gasteiger partial charge in [-0.15, -0.1) is 12.6 Å². The molecule has 0 bridgehead atoms. The van der Waals surface area contributed by atoms with Gasteiger partial charge in [0.25, 0.3) is 0 Å². The maximum Gasteiger partial charge on any atom is 0.0133 e. The zero-order chi connectivity index (χ0) is 7.84. The van der Waals surface area contributed by atoms with Gasteiger partial charge in [0.15, 0.2) is 0 Å². The molecule has 1 aliphatic rings. The summed E-state index contributed by atoms with van der Waals surface area (Å²) in [5, 5.41) is 0. The Kier molecular flexibility index (Phi) is 2.14. The second-order valence-corrected chi connectivity index (χ2v) is 4.70. The Morgan fingerprint density at radius 3 is 2.73 bits per heavy atom. The first-order chi connectivity index (χ1) is 5.27. The lowest BCUT2D eigenvalue weighted by Gasteiger charge is -2.02. The fourth-order valence-corrected chi connectivity index (χ4v) is 2.08. The lowest BCUT2D eigenvalue weighted by Crippen LogP contribution is -1.83. The molecule has 0 spiro atoms. The molecule has 0 amide bonds. The van der Waals surface area contributed by atoms with E-state index in [1.165, 1.54) is 22.0 Å². The normalized spacial score (nSPS) is 16.9. The molecule has 0 N–H and O–H groups in total. The Bertz CT molecular complexity index is 279. The third kappa shape index (κ3) is 1.72. The molecule has 1 fully saturated rings. The summed E-state index contributed by atoms with van der Waals surface area (Å²) >= 11 is 6.77. The van der Waals surface area contributed by atoms with Crippen LogP contribution < -0.4 is 0 Å². The highest BCUT2D eigenvalue weighted by Crippen LogP contribution is 2.42. The number of halogens is 1. The maximum absolute atomic E-state index is 4.42. The molecule has 0 saturated heterocycles. The van der Waals surface area contributed by atoms with E-state index in [4.69, 9.17) is 0 Å². The van der Waals surface area contributed by atoms with Gasteiger partial charge in [0, 0.05) is 8.47 Å². The van der Waals surface area contributed by atoms with Crippen LogP contribution in [0.2, 0.25) is 0 Å². The molecule has 1 aromatic rings. The van der Waals surface area contributed by atoms with Crippen molar-refractivity contribution in [2.24, 2.45) is 0 Å². The third-order valence-electron chi connectivity index (χ3n) is 2.01. The van der Waals surface area contributed by atoms with Gasteiger partial charge in [0.05, 0.1) is 0 Å². The quantitative estimate of drug-likeness (QED) is 0.589. The summed E-state index contributed by atoms with van der Waals surface area (Å²) in [6.45, 7) is 0. The molecule has 58 valence electrons. The highest BCUT2D eigenvalue weighted by atomic mass is 127. The van der Waals surface area contributed by atoms with Crippen LogP contribution in [0.5, 0.6) is 0 Å². The van der Waals surface area contributed by atoms with Crippen LogP contribution in [0.3, 0.4) is 0 Å². The molecule has 1 aliphatic carbocycles. The van der Waals surface area contributed by atoms with Crippen LogP contribution in [-0.4, -0.2) is 0 Å². The van der Waals surface area contributed by atoms with Gasteiger partial charge >= 0.3 is 0 Å². The SMILES string of the molecule is Sc1ccc(I)cc1C1CC1. The van der Waals surface area contributed by atoms with E-state index in [1.54, 1.807) is 0 Å². The molecular formula is C9H9IS. The molecular weight excluding hydrogens is 267 g/mol. The van der Waals surface area contributed by atoms with Crippen molar-refractivity contribution in [3.05, 3.63) is 27.3 Å². The number of hydrogen-bond donors (Lipinski definition) is 1. The van der Waals surface area contributed by atoms with E-state index in [0.29, 0.717) is 0 Å². The van der Waals surface area contributed by atoms with Crippen molar-refractivity contribution < 1.29 is 0 Å². The van der Waals surface area contributed by atoms with E-state index < -0.39 is 0 Å². The lowest BCUT2D eigenvalue weighted by atomic mass is 10.1. The predicted octanol–water partition coefficient (Wildman–Crippen LogP) is 3.46. The molecule has 2 heteroatoms. The Labute approximate surface area is 85.9 Å². The molecule has 0 unspecified atom stereocenters. The number of thiol groups is 1. The van der Waals surface area contributed by atoms with Gasteiger partial charge in [-0.25, -0.2) is 0 Å².